The second-order valence-corrected chi connectivity index (χ2v) is 25.7. The Labute approximate surface area is 467 Å². The molecule has 4 aromatic rings. The Balaban J connectivity index is 0.893. The summed E-state index contributed by atoms with van der Waals surface area (Å²) in [5, 5.41) is 21.3. The van der Waals surface area contributed by atoms with E-state index in [-0.39, 0.29) is 79.4 Å². The summed E-state index contributed by atoms with van der Waals surface area (Å²) >= 11 is 0. The third-order valence-corrected chi connectivity index (χ3v) is 18.1. The number of amides is 7. The summed E-state index contributed by atoms with van der Waals surface area (Å²) in [5.74, 6) is -2.05. The Morgan fingerprint density at radius 3 is 1.78 bits per heavy atom. The number of ether oxygens (including phenoxy) is 1. The van der Waals surface area contributed by atoms with Gasteiger partial charge in [0.2, 0.25) is 35.4 Å². The molecule has 8 rings (SSSR count). The molecule has 18 heteroatoms. The molecule has 2 aliphatic heterocycles. The molecule has 79 heavy (non-hydrogen) atoms. The molecule has 9 atom stereocenters. The fraction of sp³-hybridized carbons (Fsp3) is 0.492. The molecule has 17 nitrogen and oxygen atoms in total. The third kappa shape index (κ3) is 14.4. The van der Waals surface area contributed by atoms with Crippen molar-refractivity contribution in [1.82, 2.24) is 41.7 Å². The summed E-state index contributed by atoms with van der Waals surface area (Å²) in [6.07, 6.45) is 5.89. The highest BCUT2D eigenvalue weighted by molar-refractivity contribution is 6.59. The molecule has 4 aliphatic rings. The maximum Gasteiger partial charge on any atom is 0.255 e. The minimum atomic E-state index is -1.04. The maximum atomic E-state index is 14.6. The smallest absolute Gasteiger partial charge is 0.255 e. The number of nitrogens with one attached hydrogen (secondary N) is 7. The Morgan fingerprint density at radius 2 is 1.22 bits per heavy atom. The Hall–Kier alpha value is -6.73. The van der Waals surface area contributed by atoms with Gasteiger partial charge in [0.05, 0.1) is 45.7 Å². The van der Waals surface area contributed by atoms with Gasteiger partial charge in [0.25, 0.3) is 5.91 Å². The summed E-state index contributed by atoms with van der Waals surface area (Å²) in [6, 6.07) is 26.4. The quantitative estimate of drug-likeness (QED) is 0.0589. The van der Waals surface area contributed by atoms with Gasteiger partial charge in [-0.3, -0.25) is 33.6 Å². The standard InChI is InChI=1S/C61H80N9O8Si/c1-37(62-6)54(71)67-50(59(76)70-36-79(8)35-52(70)58(75)66-49-22-14-18-42-16-10-12-20-47(42)49)31-39-25-29-44(30-26-39)64-56(73)43-27-23-40(24-28-43)34-78-45-32-51(57(74)65-48-21-13-17-41-15-9-11-19-46(41)48)69(33-45)60(77)53(61(3,4)5)68-55(72)38(2)63-7/h9-12,15-16,19-20,23-30,37-38,45,48-53,62-63H,13-14,17-18,21-22,31-36H2,1-8H3,(H,64,73)(H,65,74)(H,66,75)(H,67,71)(H,68,72)/t37-,38-,45-,48+,49+,50-,51-,52-,53?/m0/s1. The molecule has 2 saturated heterocycles. The second kappa shape index (κ2) is 26.0. The molecule has 7 amide bonds. The first-order valence-corrected chi connectivity index (χ1v) is 30.5. The van der Waals surface area contributed by atoms with Crippen LogP contribution in [0, 0.1) is 5.41 Å². The molecule has 0 aromatic heterocycles. The van der Waals surface area contributed by atoms with Crippen molar-refractivity contribution in [2.24, 2.45) is 5.41 Å². The SMILES string of the molecule is CN[C@@H](C)C(=O)NC(C(=O)N1C[C@@H](OCc2ccc(C(=O)Nc3ccc(C[C@H](NC(=O)[C@H](C)NC)C(=O)N4C[Si](C)C[C@H]4C(=O)N[C@@H]4CCCc5ccccc54)cc3)cc2)C[C@H]1C(=O)N[C@@H]1CCCc2ccccc21)C(C)(C)C. The van der Waals surface area contributed by atoms with Crippen molar-refractivity contribution in [3.05, 3.63) is 136 Å². The lowest BCUT2D eigenvalue weighted by atomic mass is 9.85. The molecule has 2 heterocycles. The second-order valence-electron chi connectivity index (χ2n) is 23.1. The topological polar surface area (TPSA) is 219 Å². The zero-order valence-corrected chi connectivity index (χ0v) is 48.1. The molecule has 0 spiro atoms. The highest BCUT2D eigenvalue weighted by Gasteiger charge is 2.47. The first-order valence-electron chi connectivity index (χ1n) is 28.1. The first kappa shape index (κ1) is 58.4. The van der Waals surface area contributed by atoms with Crippen molar-refractivity contribution in [2.75, 3.05) is 32.1 Å². The average molecular weight is 1100 g/mol. The lowest BCUT2D eigenvalue weighted by Crippen LogP contribution is -2.59. The lowest BCUT2D eigenvalue weighted by molar-refractivity contribution is -0.144. The summed E-state index contributed by atoms with van der Waals surface area (Å²) in [7, 11) is 2.32. The summed E-state index contributed by atoms with van der Waals surface area (Å²) in [6.45, 7) is 11.6. The van der Waals surface area contributed by atoms with Crippen molar-refractivity contribution in [3.63, 3.8) is 0 Å². The summed E-state index contributed by atoms with van der Waals surface area (Å²) in [4.78, 5) is 101. The molecule has 2 aliphatic carbocycles. The number of likely N-dealkylation sites (tertiary alicyclic amines) is 1. The number of benzene rings is 4. The normalized spacial score (nSPS) is 21.6. The number of rotatable bonds is 19. The van der Waals surface area contributed by atoms with Crippen LogP contribution in [0.25, 0.3) is 0 Å². The highest BCUT2D eigenvalue weighted by Crippen LogP contribution is 2.34. The van der Waals surface area contributed by atoms with Gasteiger partial charge in [0, 0.05) is 36.8 Å². The van der Waals surface area contributed by atoms with Crippen LogP contribution < -0.4 is 37.2 Å². The molecule has 7 N–H and O–H groups in total. The fourth-order valence-electron chi connectivity index (χ4n) is 11.3. The zero-order valence-electron chi connectivity index (χ0n) is 47.1. The Morgan fingerprint density at radius 1 is 0.671 bits per heavy atom. The first-order chi connectivity index (χ1) is 37.8. The van der Waals surface area contributed by atoms with Gasteiger partial charge in [-0.15, -0.1) is 0 Å². The van der Waals surface area contributed by atoms with Gasteiger partial charge in [-0.25, -0.2) is 0 Å². The van der Waals surface area contributed by atoms with Gasteiger partial charge in [-0.1, -0.05) is 100 Å². The van der Waals surface area contributed by atoms with E-state index in [0.717, 1.165) is 60.8 Å². The predicted octanol–water partition coefficient (Wildman–Crippen LogP) is 5.46. The molecule has 0 saturated carbocycles. The molecule has 421 valence electrons. The number of hydrogen-bond donors (Lipinski definition) is 7. The van der Waals surface area contributed by atoms with Gasteiger partial charge in [-0.05, 0) is 136 Å². The molecule has 4 aromatic carbocycles. The van der Waals surface area contributed by atoms with E-state index in [2.05, 4.69) is 68.0 Å². The molecule has 1 unspecified atom stereocenters. The van der Waals surface area contributed by atoms with Crippen LogP contribution in [0.2, 0.25) is 12.6 Å². The number of carbonyl (C=O) groups is 7. The van der Waals surface area contributed by atoms with Gasteiger partial charge in [0.15, 0.2) is 0 Å². The van der Waals surface area contributed by atoms with E-state index in [1.54, 1.807) is 74.1 Å². The van der Waals surface area contributed by atoms with Crippen LogP contribution in [0.15, 0.2) is 97.1 Å². The van der Waals surface area contributed by atoms with E-state index < -0.39 is 56.6 Å². The Bertz CT molecular complexity index is 2840. The van der Waals surface area contributed by atoms with Crippen molar-refractivity contribution in [2.45, 2.75) is 160 Å². The number of fused-ring (bicyclic) bond motifs is 2. The van der Waals surface area contributed by atoms with E-state index in [9.17, 15) is 33.6 Å². The van der Waals surface area contributed by atoms with Crippen molar-refractivity contribution in [1.29, 1.82) is 0 Å². The van der Waals surface area contributed by atoms with Crippen LogP contribution in [0.5, 0.6) is 0 Å². The van der Waals surface area contributed by atoms with Gasteiger partial charge in [-0.2, -0.15) is 0 Å². The average Bonchev–Trinajstić information content (AvgIpc) is 4.24. The lowest BCUT2D eigenvalue weighted by Gasteiger charge is -2.36. The van der Waals surface area contributed by atoms with Crippen LogP contribution in [0.4, 0.5) is 5.69 Å². The number of likely N-dealkylation sites (N-methyl/N-ethyl adjacent to an activating group) is 2. The van der Waals surface area contributed by atoms with Crippen molar-refractivity contribution in [3.8, 4) is 0 Å². The fourth-order valence-corrected chi connectivity index (χ4v) is 13.4. The predicted molar refractivity (Wildman–Crippen MR) is 306 cm³/mol. The molecular formula is C61H80N9O8Si. The molecule has 2 fully saturated rings. The van der Waals surface area contributed by atoms with E-state index in [0.29, 0.717) is 23.5 Å². The third-order valence-electron chi connectivity index (χ3n) is 16.2. The van der Waals surface area contributed by atoms with Crippen LogP contribution in [0.3, 0.4) is 0 Å². The number of nitrogens with zero attached hydrogens (tertiary/aromatic N) is 2. The largest absolute Gasteiger partial charge is 0.372 e. The number of hydrogen-bond acceptors (Lipinski definition) is 10. The summed E-state index contributed by atoms with van der Waals surface area (Å²) in [5.41, 5.74) is 6.49. The maximum absolute atomic E-state index is 14.6. The zero-order chi connectivity index (χ0) is 56.5. The molecule has 1 radical (unpaired) electrons. The van der Waals surface area contributed by atoms with Gasteiger partial charge >= 0.3 is 0 Å². The summed E-state index contributed by atoms with van der Waals surface area (Å²) < 4.78 is 6.44. The van der Waals surface area contributed by atoms with Gasteiger partial charge in [0.1, 0.15) is 24.2 Å². The molecular weight excluding hydrogens is 1010 g/mol. The van der Waals surface area contributed by atoms with Crippen molar-refractivity contribution < 1.29 is 38.3 Å². The minimum Gasteiger partial charge on any atom is -0.372 e. The van der Waals surface area contributed by atoms with Crippen LogP contribution in [-0.4, -0.2) is 129 Å². The van der Waals surface area contributed by atoms with Crippen LogP contribution >= 0.6 is 0 Å². The van der Waals surface area contributed by atoms with E-state index in [1.807, 2.05) is 57.2 Å². The number of aryl methyl sites for hydroxylation is 2. The monoisotopic (exact) mass is 1090 g/mol. The van der Waals surface area contributed by atoms with Crippen LogP contribution in [-0.2, 0) is 59.4 Å². The minimum absolute atomic E-state index is 0.117. The van der Waals surface area contributed by atoms with E-state index in [1.165, 1.54) is 11.1 Å². The van der Waals surface area contributed by atoms with E-state index in [4.69, 9.17) is 4.74 Å². The van der Waals surface area contributed by atoms with E-state index >= 15 is 0 Å². The number of carbonyl (C=O) groups excluding carboxylic acids is 7. The number of anilines is 1. The van der Waals surface area contributed by atoms with Crippen molar-refractivity contribution >= 4 is 55.8 Å². The van der Waals surface area contributed by atoms with Crippen LogP contribution in [0.1, 0.15) is 123 Å². The highest BCUT2D eigenvalue weighted by atomic mass is 28.3. The Kier molecular flexibility index (Phi) is 19.2. The molecule has 0 bridgehead atoms. The van der Waals surface area contributed by atoms with Gasteiger partial charge < -0.3 is 51.8 Å².